The highest BCUT2D eigenvalue weighted by molar-refractivity contribution is 6.11. The van der Waals surface area contributed by atoms with Crippen LogP contribution in [0.5, 0.6) is 11.5 Å². The van der Waals surface area contributed by atoms with E-state index in [0.717, 1.165) is 55.7 Å². The van der Waals surface area contributed by atoms with E-state index in [1.165, 1.54) is 34.5 Å². The lowest BCUT2D eigenvalue weighted by Gasteiger charge is -2.29. The first-order chi connectivity index (χ1) is 37.7. The van der Waals surface area contributed by atoms with Crippen LogP contribution in [0.25, 0.3) is 61.0 Å². The van der Waals surface area contributed by atoms with Gasteiger partial charge >= 0.3 is 0 Å². The van der Waals surface area contributed by atoms with Crippen molar-refractivity contribution in [2.75, 3.05) is 16.5 Å². The third-order valence-corrected chi connectivity index (χ3v) is 14.0. The molecule has 11 rings (SSSR count). The molecule has 0 unspecified atom stereocenters. The predicted molar refractivity (Wildman–Crippen MR) is 304 cm³/mol. The number of aromatic nitrogens is 2. The Kier molecular flexibility index (Phi) is 9.34. The summed E-state index contributed by atoms with van der Waals surface area (Å²) in [5, 5.41) is 1.76. The van der Waals surface area contributed by atoms with Gasteiger partial charge in [0.2, 0.25) is 0 Å². The molecule has 0 saturated carbocycles. The van der Waals surface area contributed by atoms with Gasteiger partial charge in [-0.05, 0) is 140 Å². The number of hydrogen-bond donors (Lipinski definition) is 0. The summed E-state index contributed by atoms with van der Waals surface area (Å²) in [6, 6.07) is 51.7. The Bertz CT molecular complexity index is 4030. The van der Waals surface area contributed by atoms with E-state index in [0.29, 0.717) is 23.7 Å². The van der Waals surface area contributed by atoms with E-state index in [2.05, 4.69) is 163 Å². The maximum atomic E-state index is 8.73. The Morgan fingerprint density at radius 2 is 1.15 bits per heavy atom. The number of ether oxygens (including phenoxy) is 1. The molecule has 8 aromatic carbocycles. The van der Waals surface area contributed by atoms with Crippen LogP contribution in [-0.4, -0.2) is 16.2 Å². The summed E-state index contributed by atoms with van der Waals surface area (Å²) in [6.07, 6.45) is 1.31. The number of nitrogens with zero attached hydrogens (tertiary/aromatic N) is 4. The highest BCUT2D eigenvalue weighted by atomic mass is 16.5. The molecule has 5 heteroatoms. The topological polar surface area (TPSA) is 33.5 Å². The monoisotopic (exact) mass is 949 g/mol. The fraction of sp³-hybridized carbons (Fsp3) is 0.209. The van der Waals surface area contributed by atoms with Crippen LogP contribution in [0.4, 0.5) is 22.7 Å². The first-order valence-corrected chi connectivity index (χ1v) is 24.7. The van der Waals surface area contributed by atoms with Gasteiger partial charge in [-0.3, -0.25) is 4.57 Å². The van der Waals surface area contributed by atoms with Crippen LogP contribution < -0.4 is 14.5 Å². The standard InChI is InChI=1S/C67H64N4O/c1-44-33-64(68-42-59(44)46-21-15-12-16-22-46)71-60-31-27-48(45-19-13-11-14-20-45)35-58(60)57-30-29-56(41-62(57)71)72-55-26-18-25-53(40-55)69-43-70(54-38-51(66(5,6)7)37-52(39-54)67(8,9)10)63-36-49(28-32-61(63)69)47-23-17-24-50(34-47)65(2,3)4/h11-42H,43H2,1-10H3/i1D3,12D,15D,16D,21D,22D. The minimum absolute atomic E-state index is 0.00590. The van der Waals surface area contributed by atoms with Gasteiger partial charge in [-0.2, -0.15) is 0 Å². The molecule has 0 radical (unpaired) electrons. The highest BCUT2D eigenvalue weighted by Crippen LogP contribution is 2.48. The molecule has 0 fully saturated rings. The Balaban J connectivity index is 1.02. The van der Waals surface area contributed by atoms with Crippen molar-refractivity contribution >= 4 is 44.6 Å². The van der Waals surface area contributed by atoms with Gasteiger partial charge in [-0.15, -0.1) is 0 Å². The first kappa shape index (κ1) is 37.9. The molecule has 0 spiro atoms. The van der Waals surface area contributed by atoms with Crippen LogP contribution in [-0.2, 0) is 16.2 Å². The number of hydrogen-bond acceptors (Lipinski definition) is 4. The van der Waals surface area contributed by atoms with Gasteiger partial charge in [0.1, 0.15) is 24.0 Å². The van der Waals surface area contributed by atoms with E-state index >= 15 is 0 Å². The van der Waals surface area contributed by atoms with E-state index in [1.807, 2.05) is 65.2 Å². The van der Waals surface area contributed by atoms with Gasteiger partial charge in [0.05, 0.1) is 29.3 Å². The molecular weight excluding hydrogens is 877 g/mol. The van der Waals surface area contributed by atoms with Crippen LogP contribution in [0, 0.1) is 6.85 Å². The molecular formula is C67H64N4O. The molecule has 3 heterocycles. The third kappa shape index (κ3) is 8.83. The normalized spacial score (nSPS) is 14.8. The van der Waals surface area contributed by atoms with E-state index in [-0.39, 0.29) is 38.8 Å². The molecule has 0 bridgehead atoms. The molecule has 1 aliphatic rings. The zero-order chi connectivity index (χ0) is 57.0. The second-order valence-electron chi connectivity index (χ2n) is 22.1. The maximum absolute atomic E-state index is 8.73. The SMILES string of the molecule is [2H]c1c([2H])c([2H])c(-c2cnc(-n3c4ccc(-c5ccccc5)cc4c4ccc(Oc5cccc(N6CN(c7cc(C(C)(C)C)cc(C(C)(C)C)c7)c7cc(-c8cccc(C(C)(C)C)c8)ccc76)c5)cc43)cc2C([2H])([2H])[2H])c([2H])c1[2H]. The largest absolute Gasteiger partial charge is 0.457 e. The Labute approximate surface area is 437 Å². The van der Waals surface area contributed by atoms with Gasteiger partial charge in [0.15, 0.2) is 0 Å². The Morgan fingerprint density at radius 1 is 0.486 bits per heavy atom. The lowest BCUT2D eigenvalue weighted by Crippen LogP contribution is -2.25. The smallest absolute Gasteiger partial charge is 0.137 e. The first-order valence-electron chi connectivity index (χ1n) is 28.7. The van der Waals surface area contributed by atoms with Crippen LogP contribution >= 0.6 is 0 Å². The van der Waals surface area contributed by atoms with Gasteiger partial charge in [-0.1, -0.05) is 171 Å². The molecule has 0 N–H and O–H groups in total. The molecule has 10 aromatic rings. The minimum atomic E-state index is -2.76. The highest BCUT2D eigenvalue weighted by Gasteiger charge is 2.31. The summed E-state index contributed by atoms with van der Waals surface area (Å²) in [6.45, 7) is 18.2. The zero-order valence-corrected chi connectivity index (χ0v) is 42.5. The van der Waals surface area contributed by atoms with Crippen LogP contribution in [0.3, 0.4) is 0 Å². The lowest BCUT2D eigenvalue weighted by atomic mass is 9.80. The second-order valence-corrected chi connectivity index (χ2v) is 22.1. The van der Waals surface area contributed by atoms with E-state index in [4.69, 9.17) is 20.7 Å². The van der Waals surface area contributed by atoms with Crippen molar-refractivity contribution < 1.29 is 15.7 Å². The summed E-state index contributed by atoms with van der Waals surface area (Å²) >= 11 is 0. The Morgan fingerprint density at radius 3 is 1.89 bits per heavy atom. The third-order valence-electron chi connectivity index (χ3n) is 14.0. The molecule has 2 aromatic heterocycles. The van der Waals surface area contributed by atoms with Crippen molar-refractivity contribution in [3.8, 4) is 50.7 Å². The molecule has 72 heavy (non-hydrogen) atoms. The molecule has 0 aliphatic carbocycles. The average molecular weight is 949 g/mol. The van der Waals surface area contributed by atoms with Crippen molar-refractivity contribution in [2.45, 2.75) is 85.4 Å². The summed E-state index contributed by atoms with van der Waals surface area (Å²) in [7, 11) is 0. The number of benzene rings is 8. The molecule has 0 atom stereocenters. The molecule has 5 nitrogen and oxygen atoms in total. The van der Waals surface area contributed by atoms with Crippen molar-refractivity contribution in [3.05, 3.63) is 216 Å². The minimum Gasteiger partial charge on any atom is -0.457 e. The van der Waals surface area contributed by atoms with Crippen LogP contribution in [0.15, 0.2) is 194 Å². The summed E-state index contributed by atoms with van der Waals surface area (Å²) in [4.78, 5) is 9.60. The lowest BCUT2D eigenvalue weighted by molar-refractivity contribution is 0.483. The molecule has 358 valence electrons. The fourth-order valence-corrected chi connectivity index (χ4v) is 9.80. The number of pyridine rings is 1. The van der Waals surface area contributed by atoms with Crippen LogP contribution in [0.1, 0.15) is 95.5 Å². The molecule has 0 amide bonds. The summed E-state index contributed by atoms with van der Waals surface area (Å²) < 4.78 is 77.2. The Hall–Kier alpha value is -7.89. The van der Waals surface area contributed by atoms with Crippen LogP contribution in [0.2, 0.25) is 0 Å². The number of anilines is 4. The molecule has 0 saturated heterocycles. The van der Waals surface area contributed by atoms with Gasteiger partial charge in [0.25, 0.3) is 0 Å². The van der Waals surface area contributed by atoms with Gasteiger partial charge in [-0.25, -0.2) is 4.98 Å². The summed E-state index contributed by atoms with van der Waals surface area (Å²) in [5.74, 6) is 1.42. The van der Waals surface area contributed by atoms with E-state index in [9.17, 15) is 0 Å². The predicted octanol–water partition coefficient (Wildman–Crippen LogP) is 18.4. The van der Waals surface area contributed by atoms with Crippen molar-refractivity contribution in [1.82, 2.24) is 9.55 Å². The number of aryl methyl sites for hydroxylation is 1. The van der Waals surface area contributed by atoms with Crippen molar-refractivity contribution in [1.29, 1.82) is 0 Å². The number of rotatable bonds is 8. The van der Waals surface area contributed by atoms with Gasteiger partial charge in [0, 0.05) is 50.2 Å². The number of fused-ring (bicyclic) bond motifs is 4. The molecule has 1 aliphatic heterocycles. The maximum Gasteiger partial charge on any atom is 0.137 e. The average Bonchev–Trinajstić information content (AvgIpc) is 3.98. The second kappa shape index (κ2) is 17.8. The van der Waals surface area contributed by atoms with E-state index < -0.39 is 37.1 Å². The quantitative estimate of drug-likeness (QED) is 0.152. The van der Waals surface area contributed by atoms with Crippen molar-refractivity contribution in [3.63, 3.8) is 0 Å². The zero-order valence-electron chi connectivity index (χ0n) is 50.5. The van der Waals surface area contributed by atoms with Crippen molar-refractivity contribution in [2.24, 2.45) is 0 Å². The fourth-order valence-electron chi connectivity index (χ4n) is 9.80. The van der Waals surface area contributed by atoms with E-state index in [1.54, 1.807) is 0 Å². The summed E-state index contributed by atoms with van der Waals surface area (Å²) in [5.41, 5.74) is 13.2. The van der Waals surface area contributed by atoms with Gasteiger partial charge < -0.3 is 14.5 Å².